The Morgan fingerprint density at radius 3 is 2.90 bits per heavy atom. The quantitative estimate of drug-likeness (QED) is 0.853. The van der Waals surface area contributed by atoms with Crippen molar-refractivity contribution < 1.29 is 9.18 Å². The van der Waals surface area contributed by atoms with E-state index in [4.69, 9.17) is 0 Å². The molecule has 6 nitrogen and oxygen atoms in total. The standard InChI is InChI=1S/C14H16FN5O/c1-10-9-11(4-5-12(10)15)14-16-18-20(17-14)8-7-19-6-2-3-13(19)21/h4-5,9H,2-3,6-8H2,1H3. The van der Waals surface area contributed by atoms with Crippen LogP contribution >= 0.6 is 0 Å². The maximum Gasteiger partial charge on any atom is 0.222 e. The Labute approximate surface area is 121 Å². The molecule has 0 saturated carbocycles. The molecule has 1 aliphatic heterocycles. The van der Waals surface area contributed by atoms with Crippen LogP contribution in [0.15, 0.2) is 18.2 Å². The Balaban J connectivity index is 1.68. The van der Waals surface area contributed by atoms with Gasteiger partial charge in [-0.15, -0.1) is 10.2 Å². The second kappa shape index (κ2) is 5.59. The average Bonchev–Trinajstić information content (AvgIpc) is 3.09. The molecule has 1 aromatic carbocycles. The predicted molar refractivity (Wildman–Crippen MR) is 73.8 cm³/mol. The molecule has 0 atom stereocenters. The number of carbonyl (C=O) groups excluding carboxylic acids is 1. The van der Waals surface area contributed by atoms with E-state index in [-0.39, 0.29) is 11.7 Å². The lowest BCUT2D eigenvalue weighted by Gasteiger charge is -2.13. The molecule has 3 rings (SSSR count). The molecule has 1 saturated heterocycles. The van der Waals surface area contributed by atoms with Gasteiger partial charge in [-0.05, 0) is 42.3 Å². The zero-order valence-corrected chi connectivity index (χ0v) is 11.8. The van der Waals surface area contributed by atoms with Gasteiger partial charge in [-0.25, -0.2) is 4.39 Å². The summed E-state index contributed by atoms with van der Waals surface area (Å²) >= 11 is 0. The first-order chi connectivity index (χ1) is 10.1. The van der Waals surface area contributed by atoms with E-state index in [9.17, 15) is 9.18 Å². The fourth-order valence-electron chi connectivity index (χ4n) is 2.39. The number of carbonyl (C=O) groups is 1. The van der Waals surface area contributed by atoms with Crippen LogP contribution in [0.3, 0.4) is 0 Å². The third kappa shape index (κ3) is 2.91. The Hall–Kier alpha value is -2.31. The lowest BCUT2D eigenvalue weighted by Crippen LogP contribution is -2.29. The molecule has 0 bridgehead atoms. The fourth-order valence-corrected chi connectivity index (χ4v) is 2.39. The maximum absolute atomic E-state index is 13.3. The number of halogens is 1. The first-order valence-electron chi connectivity index (χ1n) is 6.95. The predicted octanol–water partition coefficient (Wildman–Crippen LogP) is 1.41. The van der Waals surface area contributed by atoms with Crippen LogP contribution in [0.1, 0.15) is 18.4 Å². The van der Waals surface area contributed by atoms with Gasteiger partial charge in [0.05, 0.1) is 6.54 Å². The van der Waals surface area contributed by atoms with Crippen molar-refractivity contribution in [3.8, 4) is 11.4 Å². The summed E-state index contributed by atoms with van der Waals surface area (Å²) in [6, 6.07) is 4.72. The summed E-state index contributed by atoms with van der Waals surface area (Å²) in [5, 5.41) is 12.2. The first kappa shape index (κ1) is 13.7. The summed E-state index contributed by atoms with van der Waals surface area (Å²) in [6.45, 7) is 3.61. The zero-order chi connectivity index (χ0) is 14.8. The van der Waals surface area contributed by atoms with Crippen LogP contribution in [-0.2, 0) is 11.3 Å². The number of nitrogens with zero attached hydrogens (tertiary/aromatic N) is 5. The van der Waals surface area contributed by atoms with Crippen molar-refractivity contribution in [1.29, 1.82) is 0 Å². The molecular formula is C14H16FN5O. The number of benzene rings is 1. The van der Waals surface area contributed by atoms with Crippen LogP contribution in [0.4, 0.5) is 4.39 Å². The number of aromatic nitrogens is 4. The van der Waals surface area contributed by atoms with E-state index in [0.717, 1.165) is 18.5 Å². The van der Waals surface area contributed by atoms with Gasteiger partial charge >= 0.3 is 0 Å². The van der Waals surface area contributed by atoms with Crippen LogP contribution in [0, 0.1) is 12.7 Å². The molecule has 0 aliphatic carbocycles. The number of tetrazole rings is 1. The Bertz CT molecular complexity index is 669. The van der Waals surface area contributed by atoms with E-state index in [2.05, 4.69) is 15.4 Å². The molecule has 0 unspecified atom stereocenters. The molecule has 110 valence electrons. The maximum atomic E-state index is 13.3. The van der Waals surface area contributed by atoms with Gasteiger partial charge in [-0.1, -0.05) is 0 Å². The number of amides is 1. The third-order valence-electron chi connectivity index (χ3n) is 3.61. The van der Waals surface area contributed by atoms with E-state index >= 15 is 0 Å². The molecule has 7 heteroatoms. The highest BCUT2D eigenvalue weighted by atomic mass is 19.1. The Morgan fingerprint density at radius 1 is 1.33 bits per heavy atom. The van der Waals surface area contributed by atoms with Gasteiger partial charge in [0.1, 0.15) is 5.82 Å². The second-order valence-corrected chi connectivity index (χ2v) is 5.16. The van der Waals surface area contributed by atoms with Crippen molar-refractivity contribution in [3.63, 3.8) is 0 Å². The topological polar surface area (TPSA) is 63.9 Å². The smallest absolute Gasteiger partial charge is 0.222 e. The highest BCUT2D eigenvalue weighted by Crippen LogP contribution is 2.17. The van der Waals surface area contributed by atoms with Gasteiger partial charge < -0.3 is 4.90 Å². The van der Waals surface area contributed by atoms with E-state index in [1.807, 2.05) is 4.90 Å². The van der Waals surface area contributed by atoms with Crippen molar-refractivity contribution in [3.05, 3.63) is 29.6 Å². The lowest BCUT2D eigenvalue weighted by molar-refractivity contribution is -0.127. The molecule has 1 fully saturated rings. The molecule has 0 radical (unpaired) electrons. The molecule has 0 N–H and O–H groups in total. The van der Waals surface area contributed by atoms with Crippen molar-refractivity contribution in [2.24, 2.45) is 0 Å². The van der Waals surface area contributed by atoms with Crippen LogP contribution in [0.25, 0.3) is 11.4 Å². The van der Waals surface area contributed by atoms with Gasteiger partial charge in [0.2, 0.25) is 11.7 Å². The van der Waals surface area contributed by atoms with E-state index < -0.39 is 0 Å². The van der Waals surface area contributed by atoms with Crippen LogP contribution in [0.5, 0.6) is 0 Å². The highest BCUT2D eigenvalue weighted by molar-refractivity contribution is 5.77. The average molecular weight is 289 g/mol. The fraction of sp³-hybridized carbons (Fsp3) is 0.429. The summed E-state index contributed by atoms with van der Waals surface area (Å²) in [4.78, 5) is 14.8. The molecule has 1 aromatic heterocycles. The normalized spacial score (nSPS) is 15.0. The molecule has 2 aromatic rings. The van der Waals surface area contributed by atoms with E-state index in [1.165, 1.54) is 10.9 Å². The molecular weight excluding hydrogens is 273 g/mol. The first-order valence-corrected chi connectivity index (χ1v) is 6.95. The Kier molecular flexibility index (Phi) is 3.64. The zero-order valence-electron chi connectivity index (χ0n) is 11.8. The minimum Gasteiger partial charge on any atom is -0.341 e. The van der Waals surface area contributed by atoms with Crippen LogP contribution in [0.2, 0.25) is 0 Å². The van der Waals surface area contributed by atoms with Crippen molar-refractivity contribution >= 4 is 5.91 Å². The lowest BCUT2D eigenvalue weighted by atomic mass is 10.1. The van der Waals surface area contributed by atoms with Crippen LogP contribution < -0.4 is 0 Å². The monoisotopic (exact) mass is 289 g/mol. The minimum atomic E-state index is -0.251. The second-order valence-electron chi connectivity index (χ2n) is 5.16. The summed E-state index contributed by atoms with van der Waals surface area (Å²) in [5.74, 6) is 0.397. The minimum absolute atomic E-state index is 0.185. The number of hydrogen-bond donors (Lipinski definition) is 0. The SMILES string of the molecule is Cc1cc(-c2nnn(CCN3CCCC3=O)n2)ccc1F. The van der Waals surface area contributed by atoms with Crippen molar-refractivity contribution in [2.45, 2.75) is 26.3 Å². The number of rotatable bonds is 4. The number of hydrogen-bond acceptors (Lipinski definition) is 4. The molecule has 21 heavy (non-hydrogen) atoms. The Morgan fingerprint density at radius 2 is 2.19 bits per heavy atom. The van der Waals surface area contributed by atoms with Gasteiger partial charge in [-0.2, -0.15) is 4.80 Å². The van der Waals surface area contributed by atoms with Crippen LogP contribution in [-0.4, -0.2) is 44.1 Å². The molecule has 1 aliphatic rings. The molecule has 1 amide bonds. The summed E-state index contributed by atoms with van der Waals surface area (Å²) < 4.78 is 13.3. The number of likely N-dealkylation sites (tertiary alicyclic amines) is 1. The molecule has 2 heterocycles. The van der Waals surface area contributed by atoms with E-state index in [0.29, 0.717) is 30.9 Å². The van der Waals surface area contributed by atoms with Gasteiger partial charge in [0.15, 0.2) is 0 Å². The van der Waals surface area contributed by atoms with Gasteiger partial charge in [0.25, 0.3) is 0 Å². The summed E-state index contributed by atoms with van der Waals surface area (Å²) in [5.41, 5.74) is 1.28. The van der Waals surface area contributed by atoms with E-state index in [1.54, 1.807) is 19.1 Å². The summed E-state index contributed by atoms with van der Waals surface area (Å²) in [7, 11) is 0. The third-order valence-corrected chi connectivity index (χ3v) is 3.61. The van der Waals surface area contributed by atoms with Gasteiger partial charge in [-0.3, -0.25) is 4.79 Å². The number of aryl methyl sites for hydroxylation is 1. The van der Waals surface area contributed by atoms with Crippen molar-refractivity contribution in [1.82, 2.24) is 25.1 Å². The highest BCUT2D eigenvalue weighted by Gasteiger charge is 2.19. The van der Waals surface area contributed by atoms with Crippen molar-refractivity contribution in [2.75, 3.05) is 13.1 Å². The van der Waals surface area contributed by atoms with Gasteiger partial charge in [0, 0.05) is 25.1 Å². The largest absolute Gasteiger partial charge is 0.341 e. The molecule has 0 spiro atoms. The summed E-state index contributed by atoms with van der Waals surface area (Å²) in [6.07, 6.45) is 1.55.